The van der Waals surface area contributed by atoms with Crippen LogP contribution in [0.15, 0.2) is 47.4 Å². The van der Waals surface area contributed by atoms with Gasteiger partial charge in [0.25, 0.3) is 11.1 Å². The molecule has 1 aliphatic heterocycles. The number of nitrogens with zero attached hydrogens (tertiary/aromatic N) is 1. The molecule has 0 saturated carbocycles. The molecule has 2 aromatic rings. The van der Waals surface area contributed by atoms with Gasteiger partial charge < -0.3 is 9.47 Å². The van der Waals surface area contributed by atoms with Crippen molar-refractivity contribution in [1.29, 1.82) is 0 Å². The molecule has 7 heteroatoms. The lowest BCUT2D eigenvalue weighted by Gasteiger charge is -2.12. The second-order valence-electron chi connectivity index (χ2n) is 6.03. The monoisotopic (exact) mass is 417 g/mol. The summed E-state index contributed by atoms with van der Waals surface area (Å²) in [5.41, 5.74) is 1.67. The van der Waals surface area contributed by atoms with Crippen LogP contribution in [0.4, 0.5) is 4.79 Å². The molecule has 5 nitrogen and oxygen atoms in total. The van der Waals surface area contributed by atoms with Gasteiger partial charge in [0.1, 0.15) is 0 Å². The van der Waals surface area contributed by atoms with E-state index >= 15 is 0 Å². The standard InChI is InChI=1S/C21H20ClNO4S/c1-3-27-18-13-16(22)15(11-17(18)26-2)12-19-20(24)23(21(25)28-19)10-9-14-7-5-4-6-8-14/h4-8,11-13H,3,9-10H2,1-2H3/b19-12-. The summed E-state index contributed by atoms with van der Waals surface area (Å²) in [6.07, 6.45) is 2.23. The largest absolute Gasteiger partial charge is 0.493 e. The number of hydrogen-bond acceptors (Lipinski definition) is 5. The topological polar surface area (TPSA) is 55.8 Å². The molecule has 0 aliphatic carbocycles. The Bertz CT molecular complexity index is 914. The fraction of sp³-hybridized carbons (Fsp3) is 0.238. The number of ether oxygens (including phenoxy) is 2. The lowest BCUT2D eigenvalue weighted by Crippen LogP contribution is -2.30. The van der Waals surface area contributed by atoms with Crippen molar-refractivity contribution in [3.8, 4) is 11.5 Å². The Morgan fingerprint density at radius 1 is 1.14 bits per heavy atom. The summed E-state index contributed by atoms with van der Waals surface area (Å²) in [5, 5.41) is 0.140. The second-order valence-corrected chi connectivity index (χ2v) is 7.43. The van der Waals surface area contributed by atoms with Gasteiger partial charge in [-0.05, 0) is 48.4 Å². The molecule has 1 heterocycles. The number of benzene rings is 2. The Hall–Kier alpha value is -2.44. The lowest BCUT2D eigenvalue weighted by molar-refractivity contribution is -0.122. The summed E-state index contributed by atoms with van der Waals surface area (Å²) >= 11 is 7.25. The van der Waals surface area contributed by atoms with E-state index in [2.05, 4.69) is 0 Å². The van der Waals surface area contributed by atoms with E-state index in [0.717, 1.165) is 17.3 Å². The average molecular weight is 418 g/mol. The van der Waals surface area contributed by atoms with Crippen LogP contribution in [0.25, 0.3) is 6.08 Å². The zero-order chi connectivity index (χ0) is 20.1. The van der Waals surface area contributed by atoms with Crippen molar-refractivity contribution in [2.45, 2.75) is 13.3 Å². The molecule has 28 heavy (non-hydrogen) atoms. The van der Waals surface area contributed by atoms with Gasteiger partial charge in [0.05, 0.1) is 23.6 Å². The molecule has 0 bridgehead atoms. The van der Waals surface area contributed by atoms with Crippen LogP contribution in [-0.4, -0.2) is 36.3 Å². The SMILES string of the molecule is CCOc1cc(Cl)c(/C=C2\SC(=O)N(CCc3ccccc3)C2=O)cc1OC. The minimum Gasteiger partial charge on any atom is -0.493 e. The summed E-state index contributed by atoms with van der Waals surface area (Å²) in [6, 6.07) is 13.1. The molecular formula is C21H20ClNO4S. The average Bonchev–Trinajstić information content (AvgIpc) is 2.96. The summed E-state index contributed by atoms with van der Waals surface area (Å²) in [5.74, 6) is 0.735. The van der Waals surface area contributed by atoms with Crippen LogP contribution in [0.3, 0.4) is 0 Å². The first-order valence-electron chi connectivity index (χ1n) is 8.83. The van der Waals surface area contributed by atoms with E-state index in [0.29, 0.717) is 46.6 Å². The molecule has 0 radical (unpaired) electrons. The molecule has 146 valence electrons. The summed E-state index contributed by atoms with van der Waals surface area (Å²) < 4.78 is 10.8. The van der Waals surface area contributed by atoms with Crippen molar-refractivity contribution in [1.82, 2.24) is 4.90 Å². The van der Waals surface area contributed by atoms with Gasteiger partial charge in [0.2, 0.25) is 0 Å². The van der Waals surface area contributed by atoms with Crippen LogP contribution >= 0.6 is 23.4 Å². The highest BCUT2D eigenvalue weighted by molar-refractivity contribution is 8.18. The molecular weight excluding hydrogens is 398 g/mol. The van der Waals surface area contributed by atoms with Crippen LogP contribution in [0.2, 0.25) is 5.02 Å². The summed E-state index contributed by atoms with van der Waals surface area (Å²) in [4.78, 5) is 26.6. The lowest BCUT2D eigenvalue weighted by atomic mass is 10.1. The predicted molar refractivity (Wildman–Crippen MR) is 112 cm³/mol. The van der Waals surface area contributed by atoms with Crippen molar-refractivity contribution >= 4 is 40.6 Å². The van der Waals surface area contributed by atoms with Gasteiger partial charge in [-0.1, -0.05) is 41.9 Å². The van der Waals surface area contributed by atoms with Crippen molar-refractivity contribution < 1.29 is 19.1 Å². The fourth-order valence-corrected chi connectivity index (χ4v) is 3.87. The zero-order valence-corrected chi connectivity index (χ0v) is 17.2. The molecule has 1 fully saturated rings. The van der Waals surface area contributed by atoms with Crippen LogP contribution in [0.5, 0.6) is 11.5 Å². The number of rotatable bonds is 7. The molecule has 0 aromatic heterocycles. The van der Waals surface area contributed by atoms with Gasteiger partial charge in [-0.15, -0.1) is 0 Å². The van der Waals surface area contributed by atoms with Gasteiger partial charge >= 0.3 is 0 Å². The van der Waals surface area contributed by atoms with E-state index in [1.54, 1.807) is 18.2 Å². The number of methoxy groups -OCH3 is 1. The smallest absolute Gasteiger partial charge is 0.293 e. The molecule has 3 rings (SSSR count). The molecule has 1 saturated heterocycles. The predicted octanol–water partition coefficient (Wildman–Crippen LogP) is 5.03. The Labute approximate surface area is 173 Å². The van der Waals surface area contributed by atoms with E-state index in [1.165, 1.54) is 12.0 Å². The number of thioether (sulfide) groups is 1. The Kier molecular flexibility index (Phi) is 6.65. The van der Waals surface area contributed by atoms with Crippen LogP contribution in [-0.2, 0) is 11.2 Å². The Balaban J connectivity index is 1.79. The first kappa shape index (κ1) is 20.3. The van der Waals surface area contributed by atoms with E-state index in [9.17, 15) is 9.59 Å². The van der Waals surface area contributed by atoms with Gasteiger partial charge in [-0.25, -0.2) is 0 Å². The fourth-order valence-electron chi connectivity index (χ4n) is 2.81. The Morgan fingerprint density at radius 3 is 2.57 bits per heavy atom. The number of hydrogen-bond donors (Lipinski definition) is 0. The minimum absolute atomic E-state index is 0.277. The number of carbonyl (C=O) groups is 2. The first-order chi connectivity index (χ1) is 13.5. The first-order valence-corrected chi connectivity index (χ1v) is 10.0. The third-order valence-corrected chi connectivity index (χ3v) is 5.44. The molecule has 0 unspecified atom stereocenters. The van der Waals surface area contributed by atoms with Crippen molar-refractivity contribution in [3.63, 3.8) is 0 Å². The maximum atomic E-state index is 12.7. The van der Waals surface area contributed by atoms with Crippen molar-refractivity contribution in [2.75, 3.05) is 20.3 Å². The molecule has 2 amide bonds. The van der Waals surface area contributed by atoms with Crippen molar-refractivity contribution in [3.05, 3.63) is 63.5 Å². The Morgan fingerprint density at radius 2 is 1.89 bits per heavy atom. The van der Waals surface area contributed by atoms with Crippen LogP contribution in [0, 0.1) is 0 Å². The van der Waals surface area contributed by atoms with E-state index < -0.39 is 0 Å². The number of halogens is 1. The van der Waals surface area contributed by atoms with Gasteiger partial charge in [0.15, 0.2) is 11.5 Å². The third kappa shape index (κ3) is 4.51. The highest BCUT2D eigenvalue weighted by atomic mass is 35.5. The normalized spacial score (nSPS) is 15.4. The van der Waals surface area contributed by atoms with Gasteiger partial charge in [0, 0.05) is 12.6 Å². The minimum atomic E-state index is -0.310. The number of amides is 2. The van der Waals surface area contributed by atoms with Crippen molar-refractivity contribution in [2.24, 2.45) is 0 Å². The summed E-state index contributed by atoms with van der Waals surface area (Å²) in [7, 11) is 1.53. The van der Waals surface area contributed by atoms with E-state index in [-0.39, 0.29) is 11.1 Å². The zero-order valence-electron chi connectivity index (χ0n) is 15.6. The van der Waals surface area contributed by atoms with E-state index in [4.69, 9.17) is 21.1 Å². The second kappa shape index (κ2) is 9.17. The van der Waals surface area contributed by atoms with E-state index in [1.807, 2.05) is 37.3 Å². The molecule has 0 N–H and O–H groups in total. The molecule has 2 aromatic carbocycles. The highest BCUT2D eigenvalue weighted by Gasteiger charge is 2.34. The maximum absolute atomic E-state index is 12.7. The summed E-state index contributed by atoms with van der Waals surface area (Å²) in [6.45, 7) is 2.69. The van der Waals surface area contributed by atoms with Gasteiger partial charge in [-0.2, -0.15) is 0 Å². The van der Waals surface area contributed by atoms with Crippen LogP contribution < -0.4 is 9.47 Å². The maximum Gasteiger partial charge on any atom is 0.293 e. The molecule has 1 aliphatic rings. The quantitative estimate of drug-likeness (QED) is 0.591. The third-order valence-electron chi connectivity index (χ3n) is 4.21. The molecule has 0 atom stereocenters. The van der Waals surface area contributed by atoms with Gasteiger partial charge in [-0.3, -0.25) is 14.5 Å². The number of imide groups is 1. The highest BCUT2D eigenvalue weighted by Crippen LogP contribution is 2.37. The number of carbonyl (C=O) groups excluding carboxylic acids is 2. The molecule has 0 spiro atoms. The van der Waals surface area contributed by atoms with Crippen LogP contribution in [0.1, 0.15) is 18.1 Å².